The number of hydrogen-bond acceptors (Lipinski definition) is 6. The van der Waals surface area contributed by atoms with Gasteiger partial charge in [0.05, 0.1) is 5.69 Å². The third-order valence-corrected chi connectivity index (χ3v) is 10.4. The van der Waals surface area contributed by atoms with Gasteiger partial charge in [0.2, 0.25) is 17.7 Å². The molecule has 5 rings (SSSR count). The highest BCUT2D eigenvalue weighted by molar-refractivity contribution is 5.99. The topological polar surface area (TPSA) is 120 Å². The minimum Gasteiger partial charge on any atom is -0.372 e. The number of ether oxygens (including phenoxy) is 1. The van der Waals surface area contributed by atoms with Crippen LogP contribution in [-0.4, -0.2) is 97.1 Å². The molecule has 0 spiro atoms. The molecular formula is C34H49F2N5O5. The molecule has 1 heterocycles. The summed E-state index contributed by atoms with van der Waals surface area (Å²) in [6.07, 6.45) is 3.78. The van der Waals surface area contributed by atoms with Crippen molar-refractivity contribution in [1.29, 1.82) is 0 Å². The molecule has 0 bridgehead atoms. The molecule has 3 aliphatic carbocycles. The number of halogens is 2. The molecule has 12 heteroatoms. The number of carbonyl (C=O) groups is 4. The summed E-state index contributed by atoms with van der Waals surface area (Å²) in [5.41, 5.74) is -1.53. The highest BCUT2D eigenvalue weighted by Crippen LogP contribution is 2.51. The van der Waals surface area contributed by atoms with Gasteiger partial charge in [0.15, 0.2) is 5.67 Å². The van der Waals surface area contributed by atoms with Crippen LogP contribution < -0.4 is 16.0 Å². The lowest BCUT2D eigenvalue weighted by atomic mass is 9.88. The highest BCUT2D eigenvalue weighted by atomic mass is 19.1. The quantitative estimate of drug-likeness (QED) is 0.286. The molecule has 3 N–H and O–H groups in total. The van der Waals surface area contributed by atoms with Gasteiger partial charge in [0.1, 0.15) is 24.0 Å². The minimum atomic E-state index is -1.93. The van der Waals surface area contributed by atoms with E-state index in [0.29, 0.717) is 31.6 Å². The smallest absolute Gasteiger partial charge is 0.258 e. The van der Waals surface area contributed by atoms with Crippen LogP contribution in [-0.2, 0) is 23.9 Å². The zero-order valence-electron chi connectivity index (χ0n) is 27.6. The lowest BCUT2D eigenvalue weighted by Gasteiger charge is -2.40. The number of benzene rings is 1. The van der Waals surface area contributed by atoms with Crippen molar-refractivity contribution in [2.45, 2.75) is 102 Å². The maximum absolute atomic E-state index is 15.7. The lowest BCUT2D eigenvalue weighted by Crippen LogP contribution is -2.58. The van der Waals surface area contributed by atoms with Crippen molar-refractivity contribution in [1.82, 2.24) is 20.4 Å². The summed E-state index contributed by atoms with van der Waals surface area (Å²) < 4.78 is 35.6. The fraction of sp³-hybridized carbons (Fsp3) is 0.706. The van der Waals surface area contributed by atoms with Crippen molar-refractivity contribution < 1.29 is 32.7 Å². The minimum absolute atomic E-state index is 0.0721. The zero-order chi connectivity index (χ0) is 33.3. The van der Waals surface area contributed by atoms with Crippen molar-refractivity contribution in [3.63, 3.8) is 0 Å². The van der Waals surface area contributed by atoms with Crippen molar-refractivity contribution in [2.75, 3.05) is 39.1 Å². The van der Waals surface area contributed by atoms with Gasteiger partial charge in [-0.25, -0.2) is 8.78 Å². The van der Waals surface area contributed by atoms with Gasteiger partial charge >= 0.3 is 0 Å². The number of nitrogens with one attached hydrogen (secondary N) is 3. The third kappa shape index (κ3) is 7.70. The van der Waals surface area contributed by atoms with E-state index < -0.39 is 53.3 Å². The molecule has 10 nitrogen and oxygen atoms in total. The van der Waals surface area contributed by atoms with Gasteiger partial charge in [-0.3, -0.25) is 19.2 Å². The summed E-state index contributed by atoms with van der Waals surface area (Å²) in [5, 5.41) is 8.22. The molecule has 1 aliphatic heterocycles. The number of likely N-dealkylation sites (N-methyl/N-ethyl adjacent to an activating group) is 1. The second-order valence-corrected chi connectivity index (χ2v) is 13.9. The Balaban J connectivity index is 1.34. The Morgan fingerprint density at radius 3 is 2.20 bits per heavy atom. The molecule has 1 aromatic rings. The van der Waals surface area contributed by atoms with Gasteiger partial charge in [0.25, 0.3) is 5.91 Å². The molecule has 254 valence electrons. The van der Waals surface area contributed by atoms with Gasteiger partial charge in [-0.2, -0.15) is 0 Å². The summed E-state index contributed by atoms with van der Waals surface area (Å²) in [7, 11) is 3.44. The fourth-order valence-corrected chi connectivity index (χ4v) is 6.71. The lowest BCUT2D eigenvalue weighted by molar-refractivity contribution is -0.142. The first kappa shape index (κ1) is 34.2. The number of rotatable bonds is 14. The molecule has 5 atom stereocenters. The van der Waals surface area contributed by atoms with Crippen LogP contribution in [0.3, 0.4) is 0 Å². The second-order valence-electron chi connectivity index (χ2n) is 13.9. The third-order valence-electron chi connectivity index (χ3n) is 10.4. The summed E-state index contributed by atoms with van der Waals surface area (Å²) in [6.45, 7) is 7.30. The molecular weight excluding hydrogens is 596 g/mol. The van der Waals surface area contributed by atoms with Crippen molar-refractivity contribution in [2.24, 2.45) is 17.8 Å². The number of piperazine rings is 1. The predicted octanol–water partition coefficient (Wildman–Crippen LogP) is 3.36. The zero-order valence-corrected chi connectivity index (χ0v) is 27.6. The summed E-state index contributed by atoms with van der Waals surface area (Å²) in [6, 6.07) is 2.54. The molecule has 1 unspecified atom stereocenters. The number of anilines is 1. The van der Waals surface area contributed by atoms with E-state index in [1.807, 2.05) is 20.9 Å². The predicted molar refractivity (Wildman–Crippen MR) is 169 cm³/mol. The van der Waals surface area contributed by atoms with E-state index in [0.717, 1.165) is 25.7 Å². The van der Waals surface area contributed by atoms with Gasteiger partial charge in [-0.05, 0) is 94.4 Å². The molecule has 0 aromatic heterocycles. The van der Waals surface area contributed by atoms with Crippen LogP contribution >= 0.6 is 0 Å². The van der Waals surface area contributed by atoms with Crippen molar-refractivity contribution >= 4 is 29.3 Å². The highest BCUT2D eigenvalue weighted by Gasteiger charge is 2.54. The van der Waals surface area contributed by atoms with E-state index in [9.17, 15) is 23.6 Å². The summed E-state index contributed by atoms with van der Waals surface area (Å²) in [5.74, 6) is -2.87. The van der Waals surface area contributed by atoms with Crippen LogP contribution in [0, 0.1) is 23.6 Å². The Morgan fingerprint density at radius 2 is 1.67 bits per heavy atom. The van der Waals surface area contributed by atoms with Crippen LogP contribution in [0.1, 0.15) is 77.2 Å². The van der Waals surface area contributed by atoms with Gasteiger partial charge < -0.3 is 30.5 Å². The van der Waals surface area contributed by atoms with Crippen molar-refractivity contribution in [3.8, 4) is 0 Å². The normalized spacial score (nSPS) is 23.7. The number of alkyl halides is 1. The van der Waals surface area contributed by atoms with E-state index in [-0.39, 0.29) is 48.2 Å². The average Bonchev–Trinajstić information content (AvgIpc) is 3.88. The van der Waals surface area contributed by atoms with E-state index in [4.69, 9.17) is 4.74 Å². The Morgan fingerprint density at radius 1 is 1.02 bits per heavy atom. The van der Waals surface area contributed by atoms with Gasteiger partial charge in [0, 0.05) is 38.7 Å². The van der Waals surface area contributed by atoms with Gasteiger partial charge in [-0.1, -0.05) is 19.9 Å². The molecule has 4 amide bonds. The number of hydrogen-bond donors (Lipinski definition) is 3. The number of methoxy groups -OCH3 is 1. The van der Waals surface area contributed by atoms with Crippen molar-refractivity contribution in [3.05, 3.63) is 29.6 Å². The first-order chi connectivity index (χ1) is 21.9. The van der Waals surface area contributed by atoms with Crippen LogP contribution in [0.5, 0.6) is 0 Å². The van der Waals surface area contributed by atoms with E-state index in [2.05, 4.69) is 20.9 Å². The van der Waals surface area contributed by atoms with Gasteiger partial charge in [-0.15, -0.1) is 0 Å². The SMILES string of the molecule is CCC(OC)C(=O)N[C@@H](C(=O)N1CCN(C)[C@H](C)C1)[C@@H](C)c1ccc(NC(=O)[C@@H](NC(=O)C2(F)CC2)C(C2CC2)C2CC2)c(F)c1. The summed E-state index contributed by atoms with van der Waals surface area (Å²) in [4.78, 5) is 57.1. The molecule has 4 aliphatic rings. The maximum Gasteiger partial charge on any atom is 0.258 e. The molecule has 3 saturated carbocycles. The second kappa shape index (κ2) is 13.9. The molecule has 0 radical (unpaired) electrons. The van der Waals surface area contributed by atoms with E-state index in [1.54, 1.807) is 17.9 Å². The van der Waals surface area contributed by atoms with Crippen LogP contribution in [0.4, 0.5) is 14.5 Å². The van der Waals surface area contributed by atoms with Crippen LogP contribution in [0.2, 0.25) is 0 Å². The molecule has 4 fully saturated rings. The molecule has 1 aromatic carbocycles. The fourth-order valence-electron chi connectivity index (χ4n) is 6.71. The van der Waals surface area contributed by atoms with Crippen LogP contribution in [0.15, 0.2) is 18.2 Å². The number of nitrogens with zero attached hydrogens (tertiary/aromatic N) is 2. The Bertz CT molecular complexity index is 1300. The first-order valence-corrected chi connectivity index (χ1v) is 16.8. The standard InChI is InChI=1S/C34H49F2N5O5/c1-6-26(46-5)30(42)38-28(32(44)41-16-15-40(4)19(2)18-41)20(3)23-11-12-25(24(35)17-23)37-31(43)29(39-33(45)34(36)13-14-34)27(21-7-8-21)22-9-10-22/h11-12,17,19-22,26-29H,6-10,13-16,18H2,1-5H3,(H,37,43)(H,38,42)(H,39,45)/t19-,20+,26?,28-,29+/m1/s1. The maximum atomic E-state index is 15.7. The number of amides is 4. The molecule has 46 heavy (non-hydrogen) atoms. The van der Waals surface area contributed by atoms with Crippen LogP contribution in [0.25, 0.3) is 0 Å². The number of carbonyl (C=O) groups excluding carboxylic acids is 4. The molecule has 1 saturated heterocycles. The first-order valence-electron chi connectivity index (χ1n) is 16.8. The summed E-state index contributed by atoms with van der Waals surface area (Å²) >= 11 is 0. The average molecular weight is 646 g/mol. The monoisotopic (exact) mass is 645 g/mol. The van der Waals surface area contributed by atoms with E-state index in [1.165, 1.54) is 19.2 Å². The van der Waals surface area contributed by atoms with E-state index >= 15 is 4.39 Å². The Kier molecular flexibility index (Phi) is 10.4. The Labute approximate surface area is 270 Å². The largest absolute Gasteiger partial charge is 0.372 e. The Hall–Kier alpha value is -3.12.